The van der Waals surface area contributed by atoms with Gasteiger partial charge in [-0.05, 0) is 32.6 Å². The number of nitrogens with two attached hydrogens (primary N) is 1. The first-order valence-corrected chi connectivity index (χ1v) is 6.45. The summed E-state index contributed by atoms with van der Waals surface area (Å²) < 4.78 is 0. The Kier molecular flexibility index (Phi) is 7.10. The summed E-state index contributed by atoms with van der Waals surface area (Å²) in [6.07, 6.45) is 13.1. The Morgan fingerprint density at radius 1 is 1.44 bits per heavy atom. The number of unbranched alkanes of at least 4 members (excludes halogenated alkanes) is 3. The van der Waals surface area contributed by atoms with E-state index in [0.29, 0.717) is 6.17 Å². The normalized spacial score (nSPS) is 21.2. The summed E-state index contributed by atoms with van der Waals surface area (Å²) in [5.74, 6) is 0. The van der Waals surface area contributed by atoms with Gasteiger partial charge in [-0.2, -0.15) is 0 Å². The van der Waals surface area contributed by atoms with E-state index < -0.39 is 0 Å². The summed E-state index contributed by atoms with van der Waals surface area (Å²) in [4.78, 5) is 6.87. The highest BCUT2D eigenvalue weighted by Crippen LogP contribution is 2.14. The molecule has 0 spiro atoms. The summed E-state index contributed by atoms with van der Waals surface area (Å²) in [6.45, 7) is 4.78. The SMILES string of the molecule is C/C=C/CCCCCC1N=CCN1CCN. The number of hydrogen-bond acceptors (Lipinski definition) is 3. The van der Waals surface area contributed by atoms with Crippen LogP contribution in [0.2, 0.25) is 0 Å². The molecule has 1 atom stereocenters. The van der Waals surface area contributed by atoms with E-state index in [1.54, 1.807) is 0 Å². The van der Waals surface area contributed by atoms with Crippen LogP contribution >= 0.6 is 0 Å². The van der Waals surface area contributed by atoms with Gasteiger partial charge in [-0.3, -0.25) is 9.89 Å². The second-order valence-electron chi connectivity index (χ2n) is 4.30. The topological polar surface area (TPSA) is 41.6 Å². The van der Waals surface area contributed by atoms with Gasteiger partial charge < -0.3 is 5.73 Å². The van der Waals surface area contributed by atoms with Crippen LogP contribution in [0, 0.1) is 0 Å². The molecule has 2 N–H and O–H groups in total. The van der Waals surface area contributed by atoms with Gasteiger partial charge in [0, 0.05) is 25.8 Å². The minimum absolute atomic E-state index is 0.408. The van der Waals surface area contributed by atoms with Gasteiger partial charge in [-0.15, -0.1) is 0 Å². The fourth-order valence-corrected chi connectivity index (χ4v) is 2.09. The zero-order valence-electron chi connectivity index (χ0n) is 10.4. The maximum absolute atomic E-state index is 5.58. The third kappa shape index (κ3) is 4.90. The first-order valence-electron chi connectivity index (χ1n) is 6.45. The molecule has 0 fully saturated rings. The molecule has 1 heterocycles. The fraction of sp³-hybridized carbons (Fsp3) is 0.769. The Balaban J connectivity index is 2.05. The monoisotopic (exact) mass is 223 g/mol. The van der Waals surface area contributed by atoms with Crippen LogP contribution < -0.4 is 5.73 Å². The molecule has 0 aliphatic carbocycles. The average Bonchev–Trinajstić information content (AvgIpc) is 2.72. The van der Waals surface area contributed by atoms with Crippen molar-refractivity contribution >= 4 is 6.21 Å². The zero-order valence-corrected chi connectivity index (χ0v) is 10.4. The summed E-state index contributed by atoms with van der Waals surface area (Å²) in [5.41, 5.74) is 5.58. The minimum Gasteiger partial charge on any atom is -0.329 e. The second kappa shape index (κ2) is 8.48. The maximum Gasteiger partial charge on any atom is 0.102 e. The molecular weight excluding hydrogens is 198 g/mol. The molecule has 0 saturated heterocycles. The lowest BCUT2D eigenvalue weighted by molar-refractivity contribution is 0.241. The Hall–Kier alpha value is -0.670. The lowest BCUT2D eigenvalue weighted by atomic mass is 10.1. The Bertz CT molecular complexity index is 223. The van der Waals surface area contributed by atoms with Gasteiger partial charge in [0.1, 0.15) is 6.17 Å². The number of hydrogen-bond donors (Lipinski definition) is 1. The van der Waals surface area contributed by atoms with Crippen molar-refractivity contribution in [2.75, 3.05) is 19.6 Å². The van der Waals surface area contributed by atoms with Crippen molar-refractivity contribution in [1.82, 2.24) is 4.90 Å². The molecule has 3 heteroatoms. The van der Waals surface area contributed by atoms with Crippen molar-refractivity contribution in [3.05, 3.63) is 12.2 Å². The third-order valence-corrected chi connectivity index (χ3v) is 3.00. The number of nitrogens with zero attached hydrogens (tertiary/aromatic N) is 2. The Morgan fingerprint density at radius 2 is 2.31 bits per heavy atom. The second-order valence-corrected chi connectivity index (χ2v) is 4.30. The molecule has 0 radical (unpaired) electrons. The molecule has 1 aliphatic heterocycles. The molecule has 0 aromatic rings. The smallest absolute Gasteiger partial charge is 0.102 e. The van der Waals surface area contributed by atoms with E-state index in [-0.39, 0.29) is 0 Å². The largest absolute Gasteiger partial charge is 0.329 e. The van der Waals surface area contributed by atoms with E-state index in [1.165, 1.54) is 32.1 Å². The summed E-state index contributed by atoms with van der Waals surface area (Å²) >= 11 is 0. The van der Waals surface area contributed by atoms with Crippen LogP contribution in [0.4, 0.5) is 0 Å². The molecule has 92 valence electrons. The van der Waals surface area contributed by atoms with Crippen molar-refractivity contribution in [1.29, 1.82) is 0 Å². The quantitative estimate of drug-likeness (QED) is 0.506. The summed E-state index contributed by atoms with van der Waals surface area (Å²) in [5, 5.41) is 0. The highest BCUT2D eigenvalue weighted by atomic mass is 15.3. The maximum atomic E-state index is 5.58. The molecule has 1 aliphatic rings. The number of aliphatic imine (C=N–C) groups is 1. The van der Waals surface area contributed by atoms with E-state index in [2.05, 4.69) is 29.0 Å². The average molecular weight is 223 g/mol. The van der Waals surface area contributed by atoms with Crippen molar-refractivity contribution in [3.63, 3.8) is 0 Å². The van der Waals surface area contributed by atoms with Gasteiger partial charge in [0.2, 0.25) is 0 Å². The van der Waals surface area contributed by atoms with Gasteiger partial charge in [0.15, 0.2) is 0 Å². The predicted molar refractivity (Wildman–Crippen MR) is 70.8 cm³/mol. The van der Waals surface area contributed by atoms with Crippen LogP contribution in [-0.4, -0.2) is 36.9 Å². The standard InChI is InChI=1S/C13H25N3/c1-2-3-4-5-6-7-8-13-15-10-12-16(13)11-9-14/h2-3,10,13H,4-9,11-12,14H2,1H3/b3-2+. The molecule has 0 saturated carbocycles. The predicted octanol–water partition coefficient (Wildman–Crippen LogP) is 2.18. The molecular formula is C13H25N3. The van der Waals surface area contributed by atoms with E-state index in [9.17, 15) is 0 Å². The highest BCUT2D eigenvalue weighted by Gasteiger charge is 2.18. The van der Waals surface area contributed by atoms with Crippen LogP contribution in [-0.2, 0) is 0 Å². The highest BCUT2D eigenvalue weighted by molar-refractivity contribution is 5.62. The number of allylic oxidation sites excluding steroid dienone is 2. The lowest BCUT2D eigenvalue weighted by Crippen LogP contribution is -2.34. The van der Waals surface area contributed by atoms with Gasteiger partial charge in [-0.25, -0.2) is 0 Å². The molecule has 0 bridgehead atoms. The van der Waals surface area contributed by atoms with Crippen molar-refractivity contribution in [2.45, 2.75) is 45.2 Å². The van der Waals surface area contributed by atoms with Crippen molar-refractivity contribution < 1.29 is 0 Å². The van der Waals surface area contributed by atoms with Crippen LogP contribution in [0.15, 0.2) is 17.1 Å². The van der Waals surface area contributed by atoms with Crippen LogP contribution in [0.3, 0.4) is 0 Å². The Morgan fingerprint density at radius 3 is 3.06 bits per heavy atom. The van der Waals surface area contributed by atoms with Gasteiger partial charge in [0.05, 0.1) is 0 Å². The summed E-state index contributed by atoms with van der Waals surface area (Å²) in [7, 11) is 0. The van der Waals surface area contributed by atoms with E-state index >= 15 is 0 Å². The minimum atomic E-state index is 0.408. The molecule has 0 aromatic heterocycles. The molecule has 1 rings (SSSR count). The van der Waals surface area contributed by atoms with Crippen molar-refractivity contribution in [3.8, 4) is 0 Å². The Labute approximate surface area is 99.4 Å². The van der Waals surface area contributed by atoms with Gasteiger partial charge >= 0.3 is 0 Å². The van der Waals surface area contributed by atoms with E-state index in [0.717, 1.165) is 19.6 Å². The first kappa shape index (κ1) is 13.4. The molecule has 0 aromatic carbocycles. The van der Waals surface area contributed by atoms with Crippen LogP contribution in [0.1, 0.15) is 39.0 Å². The van der Waals surface area contributed by atoms with Crippen LogP contribution in [0.25, 0.3) is 0 Å². The van der Waals surface area contributed by atoms with Gasteiger partial charge in [0.25, 0.3) is 0 Å². The van der Waals surface area contributed by atoms with Crippen molar-refractivity contribution in [2.24, 2.45) is 10.7 Å². The van der Waals surface area contributed by atoms with E-state index in [1.807, 2.05) is 6.21 Å². The van der Waals surface area contributed by atoms with Crippen LogP contribution in [0.5, 0.6) is 0 Å². The first-order chi connectivity index (χ1) is 7.88. The lowest BCUT2D eigenvalue weighted by Gasteiger charge is -2.21. The molecule has 16 heavy (non-hydrogen) atoms. The number of rotatable bonds is 8. The summed E-state index contributed by atoms with van der Waals surface area (Å²) in [6, 6.07) is 0. The zero-order chi connectivity index (χ0) is 11.6. The van der Waals surface area contributed by atoms with E-state index in [4.69, 9.17) is 5.73 Å². The third-order valence-electron chi connectivity index (χ3n) is 3.00. The molecule has 1 unspecified atom stereocenters. The molecule has 0 amide bonds. The fourth-order valence-electron chi connectivity index (χ4n) is 2.09. The molecule has 3 nitrogen and oxygen atoms in total. The van der Waals surface area contributed by atoms with Gasteiger partial charge in [-0.1, -0.05) is 18.6 Å².